The van der Waals surface area contributed by atoms with Crippen LogP contribution in [0.5, 0.6) is 17.2 Å². The number of H-pyrrole nitrogens is 1. The molecule has 0 aliphatic heterocycles. The van der Waals surface area contributed by atoms with Gasteiger partial charge in [-0.05, 0) is 37.8 Å². The van der Waals surface area contributed by atoms with E-state index in [0.29, 0.717) is 71.8 Å². The number of hydrogen-bond acceptors (Lipinski definition) is 8. The quantitative estimate of drug-likeness (QED) is 0.403. The molecule has 0 radical (unpaired) electrons. The molecule has 1 saturated carbocycles. The van der Waals surface area contributed by atoms with E-state index in [-0.39, 0.29) is 11.9 Å². The van der Waals surface area contributed by atoms with Crippen LogP contribution in [0.4, 0.5) is 0 Å². The molecule has 2 heterocycles. The van der Waals surface area contributed by atoms with Gasteiger partial charge in [0.05, 0.1) is 38.8 Å². The molecule has 4 rings (SSSR count). The zero-order valence-corrected chi connectivity index (χ0v) is 19.1. The number of methoxy groups -OCH3 is 3. The fourth-order valence-corrected chi connectivity index (χ4v) is 4.43. The number of fused-ring (bicyclic) bond motifs is 1. The third kappa shape index (κ3) is 4.10. The lowest BCUT2D eigenvalue weighted by molar-refractivity contribution is -0.135. The van der Waals surface area contributed by atoms with E-state index >= 15 is 0 Å². The van der Waals surface area contributed by atoms with E-state index in [1.54, 1.807) is 45.9 Å². The van der Waals surface area contributed by atoms with Gasteiger partial charge in [0, 0.05) is 17.2 Å². The molecular weight excluding hydrogens is 426 g/mol. The fourth-order valence-electron chi connectivity index (χ4n) is 4.43. The van der Waals surface area contributed by atoms with Crippen LogP contribution in [0.15, 0.2) is 24.5 Å². The van der Waals surface area contributed by atoms with Crippen molar-refractivity contribution in [2.24, 2.45) is 5.41 Å². The maximum atomic E-state index is 13.5. The van der Waals surface area contributed by atoms with Crippen molar-refractivity contribution in [3.05, 3.63) is 30.1 Å². The zero-order chi connectivity index (χ0) is 23.6. The molecule has 174 valence electrons. The molecule has 1 aliphatic rings. The molecule has 33 heavy (non-hydrogen) atoms. The standard InChI is InChI=1S/C24H27N3O6/c1-24(7-5-15(6-8-24)33-13-28)22(29)16-11-25-23-20(16)27-17(12-26-23)14-9-18(30-2)21(32-4)19(10-14)31-3/h9-13,15H,5-8H2,1-4H3,(H,25,26). The van der Waals surface area contributed by atoms with Gasteiger partial charge >= 0.3 is 0 Å². The van der Waals surface area contributed by atoms with Gasteiger partial charge in [-0.15, -0.1) is 0 Å². The molecule has 0 spiro atoms. The Morgan fingerprint density at radius 1 is 1.12 bits per heavy atom. The first-order valence-electron chi connectivity index (χ1n) is 10.7. The van der Waals surface area contributed by atoms with Crippen molar-refractivity contribution in [3.8, 4) is 28.5 Å². The van der Waals surface area contributed by atoms with Crippen LogP contribution in [-0.2, 0) is 9.53 Å². The number of nitrogens with zero attached hydrogens (tertiary/aromatic N) is 2. The Bertz CT molecular complexity index is 1160. The molecule has 2 aromatic heterocycles. The molecule has 0 bridgehead atoms. The summed E-state index contributed by atoms with van der Waals surface area (Å²) in [6, 6.07) is 3.59. The Hall–Kier alpha value is -3.62. The highest BCUT2D eigenvalue weighted by atomic mass is 16.5. The molecule has 1 aliphatic carbocycles. The molecule has 0 unspecified atom stereocenters. The number of hydrogen-bond donors (Lipinski definition) is 1. The molecule has 1 N–H and O–H groups in total. The second-order valence-corrected chi connectivity index (χ2v) is 8.39. The second-order valence-electron chi connectivity index (χ2n) is 8.39. The van der Waals surface area contributed by atoms with Crippen molar-refractivity contribution in [1.82, 2.24) is 15.0 Å². The van der Waals surface area contributed by atoms with Crippen molar-refractivity contribution in [1.29, 1.82) is 0 Å². The summed E-state index contributed by atoms with van der Waals surface area (Å²) in [7, 11) is 4.64. The van der Waals surface area contributed by atoms with Gasteiger partial charge in [-0.2, -0.15) is 0 Å². The van der Waals surface area contributed by atoms with Gasteiger partial charge in [-0.3, -0.25) is 9.59 Å². The number of carbonyl (C=O) groups excluding carboxylic acids is 2. The average Bonchev–Trinajstić information content (AvgIpc) is 3.27. The summed E-state index contributed by atoms with van der Waals surface area (Å²) in [5.41, 5.74) is 2.29. The number of rotatable bonds is 8. The van der Waals surface area contributed by atoms with Crippen LogP contribution in [0.25, 0.3) is 22.4 Å². The first kappa shape index (κ1) is 22.6. The van der Waals surface area contributed by atoms with Crippen LogP contribution in [0.2, 0.25) is 0 Å². The molecule has 9 nitrogen and oxygen atoms in total. The van der Waals surface area contributed by atoms with Crippen molar-refractivity contribution in [2.75, 3.05) is 21.3 Å². The molecule has 9 heteroatoms. The van der Waals surface area contributed by atoms with Crippen LogP contribution in [0.1, 0.15) is 43.0 Å². The second kappa shape index (κ2) is 9.09. The van der Waals surface area contributed by atoms with Crippen molar-refractivity contribution in [3.63, 3.8) is 0 Å². The minimum absolute atomic E-state index is 0.00893. The zero-order valence-electron chi connectivity index (χ0n) is 19.1. The lowest BCUT2D eigenvalue weighted by atomic mass is 9.70. The largest absolute Gasteiger partial charge is 0.493 e. The lowest BCUT2D eigenvalue weighted by Gasteiger charge is -2.35. The highest BCUT2D eigenvalue weighted by molar-refractivity contribution is 6.08. The summed E-state index contributed by atoms with van der Waals surface area (Å²) in [5.74, 6) is 1.49. The first-order valence-corrected chi connectivity index (χ1v) is 10.7. The summed E-state index contributed by atoms with van der Waals surface area (Å²) < 4.78 is 21.4. The van der Waals surface area contributed by atoms with Gasteiger partial charge in [0.25, 0.3) is 6.47 Å². The monoisotopic (exact) mass is 453 g/mol. The highest BCUT2D eigenvalue weighted by Gasteiger charge is 2.39. The van der Waals surface area contributed by atoms with Gasteiger partial charge < -0.3 is 23.9 Å². The Balaban J connectivity index is 1.70. The van der Waals surface area contributed by atoms with Crippen molar-refractivity contribution in [2.45, 2.75) is 38.7 Å². The smallest absolute Gasteiger partial charge is 0.293 e. The minimum atomic E-state index is -0.553. The Morgan fingerprint density at radius 2 is 1.79 bits per heavy atom. The van der Waals surface area contributed by atoms with E-state index in [2.05, 4.69) is 9.97 Å². The number of benzene rings is 1. The number of aromatic nitrogens is 3. The number of carbonyl (C=O) groups is 2. The van der Waals surface area contributed by atoms with E-state index in [4.69, 9.17) is 23.9 Å². The van der Waals surface area contributed by atoms with Crippen LogP contribution in [0, 0.1) is 5.41 Å². The molecule has 0 amide bonds. The Morgan fingerprint density at radius 3 is 2.36 bits per heavy atom. The number of aromatic amines is 1. The van der Waals surface area contributed by atoms with E-state index in [1.807, 2.05) is 6.92 Å². The van der Waals surface area contributed by atoms with E-state index in [9.17, 15) is 9.59 Å². The summed E-state index contributed by atoms with van der Waals surface area (Å²) in [6.45, 7) is 2.44. The van der Waals surface area contributed by atoms with Crippen molar-refractivity contribution >= 4 is 23.4 Å². The topological polar surface area (TPSA) is 113 Å². The fraction of sp³-hybridized carbons (Fsp3) is 0.417. The highest BCUT2D eigenvalue weighted by Crippen LogP contribution is 2.42. The molecule has 0 atom stereocenters. The normalized spacial score (nSPS) is 20.3. The van der Waals surface area contributed by atoms with Crippen LogP contribution >= 0.6 is 0 Å². The summed E-state index contributed by atoms with van der Waals surface area (Å²) in [5, 5.41) is 0. The molecule has 1 fully saturated rings. The molecular formula is C24H27N3O6. The summed E-state index contributed by atoms with van der Waals surface area (Å²) in [6.07, 6.45) is 5.77. The minimum Gasteiger partial charge on any atom is -0.493 e. The molecule has 3 aromatic rings. The summed E-state index contributed by atoms with van der Waals surface area (Å²) >= 11 is 0. The van der Waals surface area contributed by atoms with E-state index < -0.39 is 5.41 Å². The van der Waals surface area contributed by atoms with Crippen LogP contribution < -0.4 is 14.2 Å². The number of Topliss-reactive ketones (excluding diaryl/α,β-unsaturated/α-hetero) is 1. The van der Waals surface area contributed by atoms with Gasteiger partial charge in [0.15, 0.2) is 22.9 Å². The Kier molecular flexibility index (Phi) is 6.22. The van der Waals surface area contributed by atoms with Gasteiger partial charge in [0.1, 0.15) is 11.6 Å². The number of ether oxygens (including phenoxy) is 4. The summed E-state index contributed by atoms with van der Waals surface area (Å²) in [4.78, 5) is 36.5. The van der Waals surface area contributed by atoms with Gasteiger partial charge in [0.2, 0.25) is 5.75 Å². The average molecular weight is 453 g/mol. The van der Waals surface area contributed by atoms with Crippen LogP contribution in [-0.4, -0.2) is 54.6 Å². The maximum Gasteiger partial charge on any atom is 0.293 e. The van der Waals surface area contributed by atoms with E-state index in [1.165, 1.54) is 0 Å². The predicted octanol–water partition coefficient (Wildman–Crippen LogP) is 3.96. The van der Waals surface area contributed by atoms with Gasteiger partial charge in [-0.1, -0.05) is 6.92 Å². The number of nitrogens with one attached hydrogen (secondary N) is 1. The number of ketones is 1. The van der Waals surface area contributed by atoms with E-state index in [0.717, 1.165) is 5.56 Å². The SMILES string of the molecule is COc1cc(-c2cnc3[nH]cc(C(=O)C4(C)CCC(OC=O)CC4)c3n2)cc(OC)c1OC. The van der Waals surface area contributed by atoms with Gasteiger partial charge in [-0.25, -0.2) is 9.97 Å². The van der Waals surface area contributed by atoms with Crippen LogP contribution in [0.3, 0.4) is 0 Å². The third-order valence-corrected chi connectivity index (χ3v) is 6.42. The van der Waals surface area contributed by atoms with Crippen molar-refractivity contribution < 1.29 is 28.5 Å². The first-order chi connectivity index (χ1) is 15.9. The predicted molar refractivity (Wildman–Crippen MR) is 121 cm³/mol. The molecule has 0 saturated heterocycles. The molecule has 1 aromatic carbocycles. The maximum absolute atomic E-state index is 13.5. The third-order valence-electron chi connectivity index (χ3n) is 6.42. The Labute approximate surface area is 191 Å². The lowest BCUT2D eigenvalue weighted by Crippen LogP contribution is -2.35.